The van der Waals surface area contributed by atoms with Crippen LogP contribution in [0.25, 0.3) is 0 Å². The smallest absolute Gasteiger partial charge is 0.319 e. The molecule has 1 unspecified atom stereocenters. The quantitative estimate of drug-likeness (QED) is 0.750. The highest BCUT2D eigenvalue weighted by molar-refractivity contribution is 5.93. The molecule has 3 N–H and O–H groups in total. The van der Waals surface area contributed by atoms with Crippen molar-refractivity contribution in [2.75, 3.05) is 23.8 Å². The van der Waals surface area contributed by atoms with E-state index in [0.717, 1.165) is 11.4 Å². The Bertz CT molecular complexity index is 681. The molecule has 1 aromatic carbocycles. The topological polar surface area (TPSA) is 77.7 Å². The van der Waals surface area contributed by atoms with Crippen molar-refractivity contribution >= 4 is 17.4 Å². The number of rotatable bonds is 6. The number of hydrogen-bond acceptors (Lipinski definition) is 4. The first-order valence-corrected chi connectivity index (χ1v) is 8.73. The lowest BCUT2D eigenvalue weighted by atomic mass is 10.1. The normalized spacial score (nSPS) is 15.8. The van der Waals surface area contributed by atoms with Crippen LogP contribution in [0, 0.1) is 0 Å². The number of amides is 2. The van der Waals surface area contributed by atoms with Gasteiger partial charge in [0.1, 0.15) is 11.9 Å². The van der Waals surface area contributed by atoms with Crippen molar-refractivity contribution in [3.05, 3.63) is 48.4 Å². The first kappa shape index (κ1) is 17.4. The molecule has 1 aliphatic carbocycles. The van der Waals surface area contributed by atoms with Gasteiger partial charge < -0.3 is 25.1 Å². The summed E-state index contributed by atoms with van der Waals surface area (Å²) in [6.07, 6.45) is 5.52. The zero-order chi connectivity index (χ0) is 17.6. The summed E-state index contributed by atoms with van der Waals surface area (Å²) in [5, 5.41) is 15.5. The fourth-order valence-corrected chi connectivity index (χ4v) is 3.31. The second-order valence-electron chi connectivity index (χ2n) is 6.43. The van der Waals surface area contributed by atoms with Crippen molar-refractivity contribution in [3.8, 4) is 0 Å². The monoisotopic (exact) mass is 343 g/mol. The summed E-state index contributed by atoms with van der Waals surface area (Å²) in [5.74, 6) is 0.432. The van der Waals surface area contributed by atoms with Crippen molar-refractivity contribution < 1.29 is 14.3 Å². The van der Waals surface area contributed by atoms with Gasteiger partial charge in [-0.25, -0.2) is 4.79 Å². The van der Waals surface area contributed by atoms with E-state index in [9.17, 15) is 9.90 Å². The molecule has 2 aromatic rings. The van der Waals surface area contributed by atoms with Crippen LogP contribution in [-0.4, -0.2) is 30.8 Å². The van der Waals surface area contributed by atoms with Crippen LogP contribution in [0.4, 0.5) is 16.2 Å². The van der Waals surface area contributed by atoms with Gasteiger partial charge in [-0.15, -0.1) is 0 Å². The standard InChI is InChI=1S/C19H25N3O3/c1-22(14-7-2-3-8-14)16-10-5-4-9-15(16)21-19(24)20-13-17(23)18-11-6-12-25-18/h4-6,9-12,14,17,23H,2-3,7-8,13H2,1H3,(H2,20,21,24). The largest absolute Gasteiger partial charge is 0.467 e. The molecule has 0 radical (unpaired) electrons. The summed E-state index contributed by atoms with van der Waals surface area (Å²) in [6, 6.07) is 11.3. The van der Waals surface area contributed by atoms with E-state index in [1.54, 1.807) is 12.1 Å². The second-order valence-corrected chi connectivity index (χ2v) is 6.43. The molecule has 3 rings (SSSR count). The maximum atomic E-state index is 12.2. The summed E-state index contributed by atoms with van der Waals surface area (Å²) >= 11 is 0. The Morgan fingerprint density at radius 1 is 1.28 bits per heavy atom. The number of benzene rings is 1. The second kappa shape index (κ2) is 8.07. The number of aliphatic hydroxyl groups is 1. The maximum absolute atomic E-state index is 12.2. The van der Waals surface area contributed by atoms with Crippen molar-refractivity contribution in [3.63, 3.8) is 0 Å². The third-order valence-corrected chi connectivity index (χ3v) is 4.73. The number of nitrogens with one attached hydrogen (secondary N) is 2. The Morgan fingerprint density at radius 2 is 2.04 bits per heavy atom. The van der Waals surface area contributed by atoms with Crippen LogP contribution < -0.4 is 15.5 Å². The molecule has 1 saturated carbocycles. The summed E-state index contributed by atoms with van der Waals surface area (Å²) in [7, 11) is 2.08. The lowest BCUT2D eigenvalue weighted by Crippen LogP contribution is -2.34. The molecule has 1 fully saturated rings. The first-order chi connectivity index (χ1) is 12.1. The van der Waals surface area contributed by atoms with E-state index in [-0.39, 0.29) is 12.6 Å². The molecular weight excluding hydrogens is 318 g/mol. The van der Waals surface area contributed by atoms with Crippen molar-refractivity contribution in [2.45, 2.75) is 37.8 Å². The van der Waals surface area contributed by atoms with Gasteiger partial charge in [-0.3, -0.25) is 0 Å². The Balaban J connectivity index is 1.59. The summed E-state index contributed by atoms with van der Waals surface area (Å²) in [5.41, 5.74) is 1.78. The van der Waals surface area contributed by atoms with Crippen molar-refractivity contribution in [2.24, 2.45) is 0 Å². The molecule has 6 nitrogen and oxygen atoms in total. The molecule has 2 amide bonds. The number of aliphatic hydroxyl groups excluding tert-OH is 1. The van der Waals surface area contributed by atoms with Crippen LogP contribution in [0.1, 0.15) is 37.5 Å². The SMILES string of the molecule is CN(c1ccccc1NC(=O)NCC(O)c1ccco1)C1CCCC1. The highest BCUT2D eigenvalue weighted by atomic mass is 16.4. The van der Waals surface area contributed by atoms with Gasteiger partial charge in [0.05, 0.1) is 24.2 Å². The highest BCUT2D eigenvalue weighted by Gasteiger charge is 2.22. The van der Waals surface area contributed by atoms with Gasteiger partial charge in [0.25, 0.3) is 0 Å². The molecule has 134 valence electrons. The van der Waals surface area contributed by atoms with E-state index < -0.39 is 6.10 Å². The van der Waals surface area contributed by atoms with Crippen molar-refractivity contribution in [1.29, 1.82) is 0 Å². The van der Waals surface area contributed by atoms with Gasteiger partial charge >= 0.3 is 6.03 Å². The van der Waals surface area contributed by atoms with E-state index in [1.807, 2.05) is 24.3 Å². The summed E-state index contributed by atoms with van der Waals surface area (Å²) in [6.45, 7) is 0.0833. The molecule has 0 bridgehead atoms. The van der Waals surface area contributed by atoms with Gasteiger partial charge in [0, 0.05) is 13.1 Å². The molecule has 6 heteroatoms. The minimum Gasteiger partial charge on any atom is -0.467 e. The van der Waals surface area contributed by atoms with Gasteiger partial charge in [0.15, 0.2) is 0 Å². The minimum absolute atomic E-state index is 0.0833. The Hall–Kier alpha value is -2.47. The zero-order valence-electron chi connectivity index (χ0n) is 14.4. The number of para-hydroxylation sites is 2. The molecule has 1 atom stereocenters. The Morgan fingerprint density at radius 3 is 2.76 bits per heavy atom. The summed E-state index contributed by atoms with van der Waals surface area (Å²) < 4.78 is 5.13. The third kappa shape index (κ3) is 4.33. The van der Waals surface area contributed by atoms with Crippen LogP contribution in [0.15, 0.2) is 47.1 Å². The fraction of sp³-hybridized carbons (Fsp3) is 0.421. The number of anilines is 2. The molecular formula is C19H25N3O3. The highest BCUT2D eigenvalue weighted by Crippen LogP contribution is 2.31. The van der Waals surface area contributed by atoms with Crippen LogP contribution in [0.3, 0.4) is 0 Å². The van der Waals surface area contributed by atoms with Crippen LogP contribution >= 0.6 is 0 Å². The number of carbonyl (C=O) groups excluding carboxylic acids is 1. The Labute approximate surface area is 147 Å². The lowest BCUT2D eigenvalue weighted by molar-refractivity contribution is 0.149. The fourth-order valence-electron chi connectivity index (χ4n) is 3.31. The first-order valence-electron chi connectivity index (χ1n) is 8.73. The Kier molecular flexibility index (Phi) is 5.60. The average Bonchev–Trinajstić information content (AvgIpc) is 3.33. The summed E-state index contributed by atoms with van der Waals surface area (Å²) in [4.78, 5) is 14.5. The zero-order valence-corrected chi connectivity index (χ0v) is 14.4. The lowest BCUT2D eigenvalue weighted by Gasteiger charge is -2.28. The molecule has 25 heavy (non-hydrogen) atoms. The number of hydrogen-bond donors (Lipinski definition) is 3. The average molecular weight is 343 g/mol. The molecule has 1 aliphatic rings. The third-order valence-electron chi connectivity index (χ3n) is 4.73. The number of urea groups is 1. The van der Waals surface area contributed by atoms with Crippen molar-refractivity contribution in [1.82, 2.24) is 5.32 Å². The predicted molar refractivity (Wildman–Crippen MR) is 97.8 cm³/mol. The van der Waals surface area contributed by atoms with Crippen LogP contribution in [0.2, 0.25) is 0 Å². The number of nitrogens with zero attached hydrogens (tertiary/aromatic N) is 1. The van der Waals surface area contributed by atoms with Gasteiger partial charge in [-0.05, 0) is 37.1 Å². The number of furan rings is 1. The van der Waals surface area contributed by atoms with Crippen LogP contribution in [-0.2, 0) is 0 Å². The molecule has 1 heterocycles. The van der Waals surface area contributed by atoms with E-state index in [0.29, 0.717) is 11.8 Å². The van der Waals surface area contributed by atoms with Gasteiger partial charge in [-0.1, -0.05) is 25.0 Å². The van der Waals surface area contributed by atoms with E-state index in [2.05, 4.69) is 22.6 Å². The molecule has 0 spiro atoms. The molecule has 1 aromatic heterocycles. The van der Waals surface area contributed by atoms with E-state index in [4.69, 9.17) is 4.42 Å². The van der Waals surface area contributed by atoms with E-state index >= 15 is 0 Å². The molecule has 0 aliphatic heterocycles. The maximum Gasteiger partial charge on any atom is 0.319 e. The minimum atomic E-state index is -0.864. The molecule has 0 saturated heterocycles. The van der Waals surface area contributed by atoms with Crippen LogP contribution in [0.5, 0.6) is 0 Å². The number of carbonyl (C=O) groups is 1. The predicted octanol–water partition coefficient (Wildman–Crippen LogP) is 3.51. The van der Waals surface area contributed by atoms with E-state index in [1.165, 1.54) is 31.9 Å². The van der Waals surface area contributed by atoms with Gasteiger partial charge in [-0.2, -0.15) is 0 Å². The van der Waals surface area contributed by atoms with Gasteiger partial charge in [0.2, 0.25) is 0 Å².